The van der Waals surface area contributed by atoms with Crippen molar-refractivity contribution in [2.24, 2.45) is 0 Å². The smallest absolute Gasteiger partial charge is 0.408 e. The minimum Gasteiger partial charge on any atom is -0.445 e. The summed E-state index contributed by atoms with van der Waals surface area (Å²) in [5.74, 6) is -0.283. The number of anilines is 1. The zero-order valence-corrected chi connectivity index (χ0v) is 24.7. The molecule has 0 radical (unpaired) electrons. The SMILES string of the molecule is CC(C)(C)NC(=O)O[C@H](CCCCNC(=O)OCc1ccccc1)C(=O)N(Cc1ccc(N)cc1)Cc1cccs1. The number of rotatable bonds is 13. The molecule has 1 heterocycles. The first kappa shape index (κ1) is 31.5. The molecule has 0 spiro atoms. The Labute approximate surface area is 246 Å². The first-order chi connectivity index (χ1) is 19.6. The highest BCUT2D eigenvalue weighted by Crippen LogP contribution is 2.19. The summed E-state index contributed by atoms with van der Waals surface area (Å²) in [5.41, 5.74) is 7.79. The number of thiophene rings is 1. The lowest BCUT2D eigenvalue weighted by Crippen LogP contribution is -2.46. The zero-order valence-electron chi connectivity index (χ0n) is 23.9. The number of amides is 3. The molecule has 3 rings (SSSR count). The van der Waals surface area contributed by atoms with Crippen molar-refractivity contribution in [1.29, 1.82) is 0 Å². The maximum absolute atomic E-state index is 13.8. The summed E-state index contributed by atoms with van der Waals surface area (Å²) in [6.07, 6.45) is -0.713. The summed E-state index contributed by atoms with van der Waals surface area (Å²) < 4.78 is 10.9. The van der Waals surface area contributed by atoms with Crippen LogP contribution in [0.5, 0.6) is 0 Å². The van der Waals surface area contributed by atoms with Crippen molar-refractivity contribution in [3.8, 4) is 0 Å². The van der Waals surface area contributed by atoms with Gasteiger partial charge in [0, 0.05) is 29.2 Å². The number of nitrogens with zero attached hydrogens (tertiary/aromatic N) is 1. The van der Waals surface area contributed by atoms with E-state index in [1.807, 2.05) is 80.7 Å². The summed E-state index contributed by atoms with van der Waals surface area (Å²) in [6.45, 7) is 6.82. The maximum atomic E-state index is 13.8. The van der Waals surface area contributed by atoms with Crippen LogP contribution >= 0.6 is 11.3 Å². The van der Waals surface area contributed by atoms with Gasteiger partial charge in [-0.2, -0.15) is 0 Å². The number of carbonyl (C=O) groups excluding carboxylic acids is 3. The van der Waals surface area contributed by atoms with Crippen LogP contribution in [0.4, 0.5) is 15.3 Å². The number of nitrogens with one attached hydrogen (secondary N) is 2. The molecule has 9 nitrogen and oxygen atoms in total. The van der Waals surface area contributed by atoms with E-state index in [4.69, 9.17) is 15.2 Å². The van der Waals surface area contributed by atoms with Crippen LogP contribution < -0.4 is 16.4 Å². The van der Waals surface area contributed by atoms with Crippen LogP contribution in [0.1, 0.15) is 56.0 Å². The number of hydrogen-bond donors (Lipinski definition) is 3. The number of nitrogens with two attached hydrogens (primary N) is 1. The van der Waals surface area contributed by atoms with Crippen molar-refractivity contribution in [3.63, 3.8) is 0 Å². The molecule has 0 fully saturated rings. The van der Waals surface area contributed by atoms with Crippen molar-refractivity contribution >= 4 is 35.1 Å². The van der Waals surface area contributed by atoms with Crippen LogP contribution in [-0.4, -0.2) is 41.2 Å². The maximum Gasteiger partial charge on any atom is 0.408 e. The quantitative estimate of drug-likeness (QED) is 0.172. The Bertz CT molecular complexity index is 1230. The first-order valence-electron chi connectivity index (χ1n) is 13.7. The molecule has 0 aliphatic carbocycles. The van der Waals surface area contributed by atoms with Crippen LogP contribution in [0.2, 0.25) is 0 Å². The van der Waals surface area contributed by atoms with Crippen molar-refractivity contribution in [2.75, 3.05) is 12.3 Å². The third-order valence-corrected chi connectivity index (χ3v) is 6.83. The van der Waals surface area contributed by atoms with Crippen LogP contribution in [-0.2, 0) is 34.0 Å². The number of carbonyl (C=O) groups is 3. The fourth-order valence-corrected chi connectivity index (χ4v) is 4.69. The van der Waals surface area contributed by atoms with E-state index in [2.05, 4.69) is 10.6 Å². The Hall–Kier alpha value is -4.05. The highest BCUT2D eigenvalue weighted by atomic mass is 32.1. The Balaban J connectivity index is 1.61. The van der Waals surface area contributed by atoms with E-state index in [1.54, 1.807) is 28.4 Å². The van der Waals surface area contributed by atoms with Gasteiger partial charge < -0.3 is 30.7 Å². The molecule has 220 valence electrons. The predicted molar refractivity (Wildman–Crippen MR) is 161 cm³/mol. The first-order valence-corrected chi connectivity index (χ1v) is 14.6. The Morgan fingerprint density at radius 1 is 0.902 bits per heavy atom. The average molecular weight is 581 g/mol. The van der Waals surface area contributed by atoms with Crippen LogP contribution in [0, 0.1) is 0 Å². The number of ether oxygens (including phenoxy) is 2. The molecule has 4 N–H and O–H groups in total. The van der Waals surface area contributed by atoms with Crippen LogP contribution in [0.25, 0.3) is 0 Å². The van der Waals surface area contributed by atoms with Gasteiger partial charge in [0.25, 0.3) is 5.91 Å². The van der Waals surface area contributed by atoms with E-state index in [-0.39, 0.29) is 12.5 Å². The normalized spacial score (nSPS) is 11.8. The minimum absolute atomic E-state index is 0.189. The Morgan fingerprint density at radius 2 is 1.63 bits per heavy atom. The second kappa shape index (κ2) is 15.7. The van der Waals surface area contributed by atoms with Crippen molar-refractivity contribution in [2.45, 2.75) is 71.4 Å². The van der Waals surface area contributed by atoms with Crippen LogP contribution in [0.15, 0.2) is 72.1 Å². The van der Waals surface area contributed by atoms with Gasteiger partial charge in [-0.15, -0.1) is 11.3 Å². The molecule has 2 aromatic carbocycles. The van der Waals surface area contributed by atoms with Crippen molar-refractivity contribution in [3.05, 3.63) is 88.1 Å². The molecule has 0 saturated heterocycles. The lowest BCUT2D eigenvalue weighted by atomic mass is 10.1. The second-order valence-corrected chi connectivity index (χ2v) is 11.8. The molecule has 3 amide bonds. The summed E-state index contributed by atoms with van der Waals surface area (Å²) in [4.78, 5) is 41.3. The van der Waals surface area contributed by atoms with E-state index in [0.29, 0.717) is 44.6 Å². The van der Waals surface area contributed by atoms with Gasteiger partial charge in [-0.25, -0.2) is 9.59 Å². The molecule has 1 atom stereocenters. The molecule has 0 unspecified atom stereocenters. The van der Waals surface area contributed by atoms with Gasteiger partial charge in [0.15, 0.2) is 6.10 Å². The number of unbranched alkanes of at least 4 members (excludes halogenated alkanes) is 1. The lowest BCUT2D eigenvalue weighted by Gasteiger charge is -2.28. The van der Waals surface area contributed by atoms with Crippen molar-refractivity contribution < 1.29 is 23.9 Å². The molecule has 0 saturated carbocycles. The molecule has 1 aromatic heterocycles. The fourth-order valence-electron chi connectivity index (χ4n) is 3.97. The predicted octanol–water partition coefficient (Wildman–Crippen LogP) is 5.85. The minimum atomic E-state index is -0.990. The fraction of sp³-hybridized carbons (Fsp3) is 0.387. The standard InChI is InChI=1S/C31H40N4O5S/c1-31(2,3)34-30(38)40-27(13-7-8-18-33-29(37)39-22-24-10-5-4-6-11-24)28(36)35(21-26-12-9-19-41-26)20-23-14-16-25(32)17-15-23/h4-6,9-12,14-17,19,27H,7-8,13,18,20-22,32H2,1-3H3,(H,33,37)(H,34,38)/t27-/m1/s1. The monoisotopic (exact) mass is 580 g/mol. The molecule has 0 bridgehead atoms. The largest absolute Gasteiger partial charge is 0.445 e. The van der Waals surface area contributed by atoms with Gasteiger partial charge in [-0.1, -0.05) is 48.5 Å². The zero-order chi connectivity index (χ0) is 29.7. The van der Waals surface area contributed by atoms with Crippen LogP contribution in [0.3, 0.4) is 0 Å². The number of nitrogen functional groups attached to an aromatic ring is 1. The summed E-state index contributed by atoms with van der Waals surface area (Å²) in [7, 11) is 0. The van der Waals surface area contributed by atoms with Gasteiger partial charge >= 0.3 is 12.2 Å². The van der Waals surface area contributed by atoms with Crippen molar-refractivity contribution in [1.82, 2.24) is 15.5 Å². The molecule has 0 aliphatic rings. The Kier molecular flexibility index (Phi) is 12.0. The van der Waals surface area contributed by atoms with Gasteiger partial charge in [0.05, 0.1) is 6.54 Å². The lowest BCUT2D eigenvalue weighted by molar-refractivity contribution is -0.142. The van der Waals surface area contributed by atoms with Gasteiger partial charge in [0.1, 0.15) is 6.61 Å². The number of hydrogen-bond acceptors (Lipinski definition) is 7. The van der Waals surface area contributed by atoms with E-state index in [1.165, 1.54) is 0 Å². The topological polar surface area (TPSA) is 123 Å². The molecule has 10 heteroatoms. The van der Waals surface area contributed by atoms with E-state index in [9.17, 15) is 14.4 Å². The molecular weight excluding hydrogens is 540 g/mol. The highest BCUT2D eigenvalue weighted by Gasteiger charge is 2.29. The number of benzene rings is 2. The number of alkyl carbamates (subject to hydrolysis) is 2. The van der Waals surface area contributed by atoms with Gasteiger partial charge in [-0.3, -0.25) is 4.79 Å². The average Bonchev–Trinajstić information content (AvgIpc) is 3.44. The van der Waals surface area contributed by atoms with Gasteiger partial charge in [-0.05, 0) is 74.7 Å². The molecule has 41 heavy (non-hydrogen) atoms. The van der Waals surface area contributed by atoms with Gasteiger partial charge in [0.2, 0.25) is 0 Å². The Morgan fingerprint density at radius 3 is 2.29 bits per heavy atom. The van der Waals surface area contributed by atoms with E-state index >= 15 is 0 Å². The molecular formula is C31H40N4O5S. The summed E-state index contributed by atoms with van der Waals surface area (Å²) >= 11 is 1.56. The highest BCUT2D eigenvalue weighted by molar-refractivity contribution is 7.09. The molecule has 3 aromatic rings. The van der Waals surface area contributed by atoms with E-state index < -0.39 is 23.8 Å². The molecule has 0 aliphatic heterocycles. The third kappa shape index (κ3) is 11.9. The third-order valence-electron chi connectivity index (χ3n) is 5.97. The summed E-state index contributed by atoms with van der Waals surface area (Å²) in [6, 6.07) is 20.7. The van der Waals surface area contributed by atoms with E-state index in [0.717, 1.165) is 16.0 Å². The second-order valence-electron chi connectivity index (χ2n) is 10.8. The summed E-state index contributed by atoms with van der Waals surface area (Å²) in [5, 5.41) is 7.47.